The fourth-order valence-electron chi connectivity index (χ4n) is 2.33. The van der Waals surface area contributed by atoms with Gasteiger partial charge in [-0.3, -0.25) is 4.79 Å². The summed E-state index contributed by atoms with van der Waals surface area (Å²) in [4.78, 5) is 11.8. The van der Waals surface area contributed by atoms with Crippen molar-refractivity contribution in [2.45, 2.75) is 4.21 Å². The number of carbonyl (C=O) groups is 1. The van der Waals surface area contributed by atoms with Crippen molar-refractivity contribution in [1.29, 1.82) is 0 Å². The van der Waals surface area contributed by atoms with Crippen LogP contribution in [0.5, 0.6) is 0 Å². The van der Waals surface area contributed by atoms with Crippen molar-refractivity contribution >= 4 is 40.4 Å². The number of nitrogens with two attached hydrogens (primary N) is 1. The number of benzene rings is 2. The first-order valence-electron chi connectivity index (χ1n) is 7.18. The van der Waals surface area contributed by atoms with E-state index in [1.165, 1.54) is 29.2 Å². The summed E-state index contributed by atoms with van der Waals surface area (Å²) < 4.78 is 15.4. The highest BCUT2D eigenvalue weighted by atomic mass is 32.2. The summed E-state index contributed by atoms with van der Waals surface area (Å²) in [6.45, 7) is 0. The number of thiophene rings is 1. The van der Waals surface area contributed by atoms with Crippen LogP contribution in [0.1, 0.15) is 9.67 Å². The van der Waals surface area contributed by atoms with Gasteiger partial charge in [-0.1, -0.05) is 30.3 Å². The first-order chi connectivity index (χ1) is 11.6. The Morgan fingerprint density at radius 2 is 1.92 bits per heavy atom. The van der Waals surface area contributed by atoms with Gasteiger partial charge in [0.2, 0.25) is 0 Å². The zero-order chi connectivity index (χ0) is 17.1. The lowest BCUT2D eigenvalue weighted by Crippen LogP contribution is -2.08. The van der Waals surface area contributed by atoms with Crippen LogP contribution in [0.3, 0.4) is 0 Å². The summed E-state index contributed by atoms with van der Waals surface area (Å²) in [5.41, 5.74) is 8.09. The molecule has 3 rings (SSSR count). The Labute approximate surface area is 147 Å². The molecule has 3 N–H and O–H groups in total. The molecule has 2 aromatic carbocycles. The molecule has 3 nitrogen and oxygen atoms in total. The molecule has 0 fully saturated rings. The van der Waals surface area contributed by atoms with Gasteiger partial charge in [-0.2, -0.15) is 0 Å². The maximum absolute atomic E-state index is 14.4. The molecule has 1 amide bonds. The van der Waals surface area contributed by atoms with Gasteiger partial charge in [-0.15, -0.1) is 23.1 Å². The molecule has 0 aliphatic rings. The summed E-state index contributed by atoms with van der Waals surface area (Å²) in [6.07, 6.45) is 1.92. The van der Waals surface area contributed by atoms with Gasteiger partial charge >= 0.3 is 0 Å². The van der Waals surface area contributed by atoms with Crippen LogP contribution in [0, 0.1) is 5.82 Å². The third-order valence-electron chi connectivity index (χ3n) is 3.46. The first-order valence-corrected chi connectivity index (χ1v) is 9.22. The van der Waals surface area contributed by atoms with Crippen LogP contribution < -0.4 is 11.1 Å². The summed E-state index contributed by atoms with van der Waals surface area (Å²) >= 11 is 2.83. The molecule has 6 heteroatoms. The molecule has 0 atom stereocenters. The van der Waals surface area contributed by atoms with Crippen molar-refractivity contribution in [2.24, 2.45) is 5.73 Å². The van der Waals surface area contributed by atoms with Crippen molar-refractivity contribution in [3.63, 3.8) is 0 Å². The SMILES string of the molecule is CSc1sc(C(N)=O)cc1Nc1ccc(-c2ccccc2)c(F)c1. The van der Waals surface area contributed by atoms with E-state index >= 15 is 0 Å². The van der Waals surface area contributed by atoms with Gasteiger partial charge in [0, 0.05) is 11.3 Å². The largest absolute Gasteiger partial charge is 0.365 e. The molecule has 1 aromatic heterocycles. The van der Waals surface area contributed by atoms with Gasteiger partial charge in [-0.05, 0) is 36.1 Å². The Hall–Kier alpha value is -2.31. The zero-order valence-corrected chi connectivity index (χ0v) is 14.5. The van der Waals surface area contributed by atoms with E-state index in [0.717, 1.165) is 15.5 Å². The lowest BCUT2D eigenvalue weighted by Gasteiger charge is -2.09. The summed E-state index contributed by atoms with van der Waals surface area (Å²) in [5, 5.41) is 3.16. The highest BCUT2D eigenvalue weighted by Crippen LogP contribution is 2.37. The number of thioether (sulfide) groups is 1. The molecule has 122 valence electrons. The van der Waals surface area contributed by atoms with Crippen LogP contribution in [0.25, 0.3) is 11.1 Å². The number of rotatable bonds is 5. The third-order valence-corrected chi connectivity index (χ3v) is 5.74. The monoisotopic (exact) mass is 358 g/mol. The fraction of sp³-hybridized carbons (Fsp3) is 0.0556. The molecule has 1 heterocycles. The van der Waals surface area contributed by atoms with Gasteiger partial charge < -0.3 is 11.1 Å². The van der Waals surface area contributed by atoms with Gasteiger partial charge in [0.05, 0.1) is 14.8 Å². The van der Waals surface area contributed by atoms with E-state index in [4.69, 9.17) is 5.73 Å². The van der Waals surface area contributed by atoms with Gasteiger partial charge in [0.1, 0.15) is 5.82 Å². The van der Waals surface area contributed by atoms with E-state index in [0.29, 0.717) is 16.1 Å². The van der Waals surface area contributed by atoms with E-state index in [-0.39, 0.29) is 5.82 Å². The predicted octanol–water partition coefficient (Wildman–Crippen LogP) is 5.12. The van der Waals surface area contributed by atoms with Crippen molar-refractivity contribution in [1.82, 2.24) is 0 Å². The lowest BCUT2D eigenvalue weighted by molar-refractivity contribution is 0.100. The fourth-order valence-corrected chi connectivity index (χ4v) is 3.96. The van der Waals surface area contributed by atoms with Gasteiger partial charge in [-0.25, -0.2) is 4.39 Å². The molecule has 0 spiro atoms. The molecule has 0 saturated heterocycles. The van der Waals surface area contributed by atoms with Crippen LogP contribution in [0.4, 0.5) is 15.8 Å². The van der Waals surface area contributed by atoms with E-state index in [1.807, 2.05) is 42.7 Å². The number of nitrogens with one attached hydrogen (secondary N) is 1. The molecule has 0 bridgehead atoms. The number of carbonyl (C=O) groups excluding carboxylic acids is 1. The third kappa shape index (κ3) is 3.44. The number of hydrogen-bond acceptors (Lipinski definition) is 4. The zero-order valence-electron chi connectivity index (χ0n) is 12.9. The van der Waals surface area contributed by atoms with E-state index in [9.17, 15) is 9.18 Å². The van der Waals surface area contributed by atoms with Crippen LogP contribution in [-0.4, -0.2) is 12.2 Å². The second-order valence-corrected chi connectivity index (χ2v) is 7.19. The number of anilines is 2. The van der Waals surface area contributed by atoms with Crippen LogP contribution >= 0.6 is 23.1 Å². The molecule has 0 aliphatic heterocycles. The summed E-state index contributed by atoms with van der Waals surface area (Å²) in [5.74, 6) is -0.767. The maximum atomic E-state index is 14.4. The average molecular weight is 358 g/mol. The Kier molecular flexibility index (Phi) is 4.87. The van der Waals surface area contributed by atoms with Crippen molar-refractivity contribution in [3.8, 4) is 11.1 Å². The van der Waals surface area contributed by atoms with Crippen molar-refractivity contribution < 1.29 is 9.18 Å². The quantitative estimate of drug-likeness (QED) is 0.623. The highest BCUT2D eigenvalue weighted by molar-refractivity contribution is 8.00. The number of halogens is 1. The Bertz CT molecular complexity index is 878. The number of amides is 1. The molecular weight excluding hydrogens is 343 g/mol. The number of hydrogen-bond donors (Lipinski definition) is 2. The van der Waals surface area contributed by atoms with Crippen LogP contribution in [0.2, 0.25) is 0 Å². The molecule has 0 saturated carbocycles. The van der Waals surface area contributed by atoms with Crippen LogP contribution in [0.15, 0.2) is 58.8 Å². The Morgan fingerprint density at radius 1 is 1.17 bits per heavy atom. The van der Waals surface area contributed by atoms with E-state index in [1.54, 1.807) is 12.1 Å². The predicted molar refractivity (Wildman–Crippen MR) is 99.7 cm³/mol. The Balaban J connectivity index is 1.89. The maximum Gasteiger partial charge on any atom is 0.258 e. The van der Waals surface area contributed by atoms with Crippen molar-refractivity contribution in [2.75, 3.05) is 11.6 Å². The minimum absolute atomic E-state index is 0.303. The number of primary amides is 1. The normalized spacial score (nSPS) is 10.6. The molecular formula is C18H15FN2OS2. The Morgan fingerprint density at radius 3 is 2.54 bits per heavy atom. The highest BCUT2D eigenvalue weighted by Gasteiger charge is 2.13. The average Bonchev–Trinajstić information content (AvgIpc) is 2.99. The van der Waals surface area contributed by atoms with Gasteiger partial charge in [0.25, 0.3) is 5.91 Å². The molecule has 3 aromatic rings. The second kappa shape index (κ2) is 7.07. The second-order valence-electron chi connectivity index (χ2n) is 5.07. The minimum Gasteiger partial charge on any atom is -0.365 e. The van der Waals surface area contributed by atoms with Gasteiger partial charge in [0.15, 0.2) is 0 Å². The molecule has 0 unspecified atom stereocenters. The van der Waals surface area contributed by atoms with E-state index in [2.05, 4.69) is 5.32 Å². The molecule has 0 aliphatic carbocycles. The van der Waals surface area contributed by atoms with Crippen molar-refractivity contribution in [3.05, 3.63) is 65.3 Å². The minimum atomic E-state index is -0.464. The first kappa shape index (κ1) is 16.5. The molecule has 0 radical (unpaired) electrons. The molecule has 24 heavy (non-hydrogen) atoms. The van der Waals surface area contributed by atoms with E-state index < -0.39 is 5.91 Å². The topological polar surface area (TPSA) is 55.1 Å². The standard InChI is InChI=1S/C18H15FN2OS2/c1-23-18-15(10-16(24-18)17(20)22)21-12-7-8-13(14(19)9-12)11-5-3-2-4-6-11/h2-10,21H,1H3,(H2,20,22). The summed E-state index contributed by atoms with van der Waals surface area (Å²) in [6, 6.07) is 16.1. The smallest absolute Gasteiger partial charge is 0.258 e. The lowest BCUT2D eigenvalue weighted by atomic mass is 10.0. The van der Waals surface area contributed by atoms with Crippen LogP contribution in [-0.2, 0) is 0 Å². The summed E-state index contributed by atoms with van der Waals surface area (Å²) in [7, 11) is 0.